The Balaban J connectivity index is 2.53. The van der Waals surface area contributed by atoms with Gasteiger partial charge in [0.1, 0.15) is 11.5 Å². The van der Waals surface area contributed by atoms with E-state index < -0.39 is 0 Å². The van der Waals surface area contributed by atoms with E-state index in [2.05, 4.69) is 45.7 Å². The lowest BCUT2D eigenvalue weighted by Crippen LogP contribution is -2.36. The number of rotatable bonds is 4. The molecule has 0 bridgehead atoms. The Labute approximate surface area is 128 Å². The second kappa shape index (κ2) is 6.17. The van der Waals surface area contributed by atoms with Gasteiger partial charge < -0.3 is 4.74 Å². The molecule has 2 rings (SSSR count). The molecule has 0 aromatic heterocycles. The van der Waals surface area contributed by atoms with Gasteiger partial charge in [-0.25, -0.2) is 0 Å². The van der Waals surface area contributed by atoms with Crippen molar-refractivity contribution in [2.24, 2.45) is 15.9 Å². The summed E-state index contributed by atoms with van der Waals surface area (Å²) in [5.41, 5.74) is 3.39. The van der Waals surface area contributed by atoms with Crippen LogP contribution in [0.5, 0.6) is 0 Å². The third-order valence-electron chi connectivity index (χ3n) is 4.48. The minimum Gasteiger partial charge on any atom is -0.494 e. The van der Waals surface area contributed by atoms with Gasteiger partial charge in [0, 0.05) is 12.1 Å². The van der Waals surface area contributed by atoms with Crippen LogP contribution in [0, 0.1) is 5.92 Å². The number of aliphatic imine (C=N–C) groups is 2. The zero-order chi connectivity index (χ0) is 15.6. The normalized spacial score (nSPS) is 30.7. The summed E-state index contributed by atoms with van der Waals surface area (Å²) in [5, 5.41) is 0. The maximum absolute atomic E-state index is 5.61. The minimum atomic E-state index is 0.0255. The molecule has 2 atom stereocenters. The summed E-state index contributed by atoms with van der Waals surface area (Å²) >= 11 is 0. The highest BCUT2D eigenvalue weighted by atomic mass is 16.5. The molecule has 3 nitrogen and oxygen atoms in total. The van der Waals surface area contributed by atoms with Crippen LogP contribution < -0.4 is 0 Å². The van der Waals surface area contributed by atoms with Crippen LogP contribution in [-0.2, 0) is 4.74 Å². The van der Waals surface area contributed by atoms with Crippen LogP contribution in [-0.4, -0.2) is 30.1 Å². The van der Waals surface area contributed by atoms with E-state index in [1.54, 1.807) is 7.11 Å². The van der Waals surface area contributed by atoms with Crippen LogP contribution in [0.4, 0.5) is 0 Å². The number of ether oxygens (including phenoxy) is 1. The molecule has 2 unspecified atom stereocenters. The smallest absolute Gasteiger partial charge is 0.146 e. The van der Waals surface area contributed by atoms with Crippen LogP contribution in [0.2, 0.25) is 0 Å². The summed E-state index contributed by atoms with van der Waals surface area (Å²) in [6.45, 7) is 10.9. The van der Waals surface area contributed by atoms with Crippen molar-refractivity contribution in [3.8, 4) is 0 Å². The van der Waals surface area contributed by atoms with Gasteiger partial charge in [-0.2, -0.15) is 0 Å². The molecule has 116 valence electrons. The highest BCUT2D eigenvalue weighted by molar-refractivity contribution is 6.23. The fourth-order valence-electron chi connectivity index (χ4n) is 3.12. The molecule has 21 heavy (non-hydrogen) atoms. The Morgan fingerprint density at radius 2 is 2.10 bits per heavy atom. The van der Waals surface area contributed by atoms with Crippen LogP contribution in [0.25, 0.3) is 0 Å². The first-order chi connectivity index (χ1) is 9.92. The molecule has 1 aliphatic heterocycles. The lowest BCUT2D eigenvalue weighted by molar-refractivity contribution is 0.302. The van der Waals surface area contributed by atoms with E-state index >= 15 is 0 Å². The van der Waals surface area contributed by atoms with Gasteiger partial charge >= 0.3 is 0 Å². The quantitative estimate of drug-likeness (QED) is 0.708. The Morgan fingerprint density at radius 1 is 1.38 bits per heavy atom. The number of fused-ring (bicyclic) bond motifs is 1. The van der Waals surface area contributed by atoms with Crippen LogP contribution in [0.3, 0.4) is 0 Å². The summed E-state index contributed by atoms with van der Waals surface area (Å²) in [6.07, 6.45) is 7.54. The maximum Gasteiger partial charge on any atom is 0.146 e. The molecule has 0 N–H and O–H groups in total. The Kier molecular flexibility index (Phi) is 4.70. The van der Waals surface area contributed by atoms with Crippen molar-refractivity contribution >= 4 is 11.4 Å². The van der Waals surface area contributed by atoms with Crippen LogP contribution in [0.1, 0.15) is 53.9 Å². The van der Waals surface area contributed by atoms with Crippen molar-refractivity contribution in [2.75, 3.05) is 7.11 Å². The first-order valence-corrected chi connectivity index (χ1v) is 8.08. The van der Waals surface area contributed by atoms with Gasteiger partial charge in [0.15, 0.2) is 0 Å². The SMILES string of the molecule is CCC1CC(C)(CC)N=C2C(OC)=CC(=NC(C)C)C=C21. The van der Waals surface area contributed by atoms with Gasteiger partial charge in [-0.1, -0.05) is 13.8 Å². The average molecular weight is 288 g/mol. The third kappa shape index (κ3) is 3.28. The molecule has 0 aromatic carbocycles. The molecule has 1 heterocycles. The minimum absolute atomic E-state index is 0.0255. The molecular formula is C18H28N2O. The topological polar surface area (TPSA) is 34.0 Å². The Morgan fingerprint density at radius 3 is 2.62 bits per heavy atom. The number of methoxy groups -OCH3 is 1. The maximum atomic E-state index is 5.61. The summed E-state index contributed by atoms with van der Waals surface area (Å²) in [7, 11) is 1.73. The van der Waals surface area contributed by atoms with Crippen molar-refractivity contribution < 1.29 is 4.74 Å². The summed E-state index contributed by atoms with van der Waals surface area (Å²) in [5.74, 6) is 1.41. The van der Waals surface area contributed by atoms with Gasteiger partial charge in [-0.15, -0.1) is 0 Å². The van der Waals surface area contributed by atoms with Gasteiger partial charge in [-0.05, 0) is 57.6 Å². The van der Waals surface area contributed by atoms with E-state index in [4.69, 9.17) is 9.73 Å². The van der Waals surface area contributed by atoms with Crippen LogP contribution in [0.15, 0.2) is 33.5 Å². The number of nitrogens with zero attached hydrogens (tertiary/aromatic N) is 2. The zero-order valence-electron chi connectivity index (χ0n) is 14.2. The molecule has 0 saturated heterocycles. The first-order valence-electron chi connectivity index (χ1n) is 8.08. The second-order valence-corrected chi connectivity index (χ2v) is 6.58. The predicted molar refractivity (Wildman–Crippen MR) is 90.3 cm³/mol. The standard InChI is InChI=1S/C18H28N2O/c1-7-13-11-18(5,8-2)20-17-15(13)9-14(19-12(3)4)10-16(17)21-6/h9-10,12-13H,7-8,11H2,1-6H3. The Bertz CT molecular complexity index is 525. The third-order valence-corrected chi connectivity index (χ3v) is 4.48. The number of hydrogen-bond acceptors (Lipinski definition) is 3. The lowest BCUT2D eigenvalue weighted by atomic mass is 9.75. The van der Waals surface area contributed by atoms with Crippen molar-refractivity contribution in [1.82, 2.24) is 0 Å². The molecule has 0 fully saturated rings. The molecule has 0 spiro atoms. The van der Waals surface area contributed by atoms with Gasteiger partial charge in [0.25, 0.3) is 0 Å². The van der Waals surface area contributed by atoms with Crippen molar-refractivity contribution in [1.29, 1.82) is 0 Å². The summed E-state index contributed by atoms with van der Waals surface area (Å²) in [6, 6.07) is 0.286. The molecule has 0 amide bonds. The Hall–Kier alpha value is -1.38. The fourth-order valence-corrected chi connectivity index (χ4v) is 3.12. The van der Waals surface area contributed by atoms with E-state index in [1.165, 1.54) is 5.57 Å². The van der Waals surface area contributed by atoms with E-state index in [0.717, 1.165) is 36.4 Å². The molecule has 0 radical (unpaired) electrons. The molecular weight excluding hydrogens is 260 g/mol. The van der Waals surface area contributed by atoms with Crippen molar-refractivity contribution in [2.45, 2.75) is 65.5 Å². The lowest BCUT2D eigenvalue weighted by Gasteiger charge is -2.38. The first kappa shape index (κ1) is 16.0. The van der Waals surface area contributed by atoms with Gasteiger partial charge in [0.2, 0.25) is 0 Å². The van der Waals surface area contributed by atoms with Crippen LogP contribution >= 0.6 is 0 Å². The second-order valence-electron chi connectivity index (χ2n) is 6.58. The van der Waals surface area contributed by atoms with Gasteiger partial charge in [0.05, 0.1) is 18.4 Å². The highest BCUT2D eigenvalue weighted by Crippen LogP contribution is 2.39. The van der Waals surface area contributed by atoms with Crippen molar-refractivity contribution in [3.63, 3.8) is 0 Å². The monoisotopic (exact) mass is 288 g/mol. The van der Waals surface area contributed by atoms with E-state index in [1.807, 2.05) is 6.08 Å². The predicted octanol–water partition coefficient (Wildman–Crippen LogP) is 4.35. The molecule has 1 aliphatic carbocycles. The van der Waals surface area contributed by atoms with E-state index in [-0.39, 0.29) is 11.6 Å². The summed E-state index contributed by atoms with van der Waals surface area (Å²) < 4.78 is 5.61. The number of allylic oxidation sites excluding steroid dienone is 3. The summed E-state index contributed by atoms with van der Waals surface area (Å²) in [4.78, 5) is 9.70. The molecule has 0 aromatic rings. The average Bonchev–Trinajstić information content (AvgIpc) is 2.45. The fraction of sp³-hybridized carbons (Fsp3) is 0.667. The number of hydrogen-bond donors (Lipinski definition) is 0. The largest absolute Gasteiger partial charge is 0.494 e. The molecule has 2 aliphatic rings. The van der Waals surface area contributed by atoms with Crippen molar-refractivity contribution in [3.05, 3.63) is 23.5 Å². The van der Waals surface area contributed by atoms with Gasteiger partial charge in [-0.3, -0.25) is 9.98 Å². The van der Waals surface area contributed by atoms with E-state index in [0.29, 0.717) is 5.92 Å². The highest BCUT2D eigenvalue weighted by Gasteiger charge is 2.37. The van der Waals surface area contributed by atoms with E-state index in [9.17, 15) is 0 Å². The molecule has 0 saturated carbocycles. The zero-order valence-corrected chi connectivity index (χ0v) is 14.2. The molecule has 3 heteroatoms.